The van der Waals surface area contributed by atoms with Gasteiger partial charge in [-0.15, -0.1) is 0 Å². The van der Waals surface area contributed by atoms with E-state index in [0.29, 0.717) is 6.61 Å². The first-order valence-corrected chi connectivity index (χ1v) is 4.79. The molecule has 0 aromatic heterocycles. The van der Waals surface area contributed by atoms with Crippen molar-refractivity contribution in [3.63, 3.8) is 0 Å². The summed E-state index contributed by atoms with van der Waals surface area (Å²) in [5, 5.41) is 19.1. The average Bonchev–Trinajstić information content (AvgIpc) is 2.11. The van der Waals surface area contributed by atoms with Gasteiger partial charge in [-0.1, -0.05) is 0 Å². The van der Waals surface area contributed by atoms with Gasteiger partial charge in [0.15, 0.2) is 5.79 Å². The van der Waals surface area contributed by atoms with E-state index in [1.807, 2.05) is 0 Å². The van der Waals surface area contributed by atoms with Crippen molar-refractivity contribution in [3.05, 3.63) is 0 Å². The van der Waals surface area contributed by atoms with Gasteiger partial charge in [-0.25, -0.2) is 0 Å². The van der Waals surface area contributed by atoms with Crippen LogP contribution in [0.3, 0.4) is 0 Å². The highest BCUT2D eigenvalue weighted by Crippen LogP contribution is 2.29. The third-order valence-electron chi connectivity index (χ3n) is 2.59. The number of hydrogen-bond acceptors (Lipinski definition) is 5. The van der Waals surface area contributed by atoms with Crippen LogP contribution in [0.5, 0.6) is 0 Å². The van der Waals surface area contributed by atoms with Crippen molar-refractivity contribution >= 4 is 0 Å². The zero-order chi connectivity index (χ0) is 10.3. The first-order valence-electron chi connectivity index (χ1n) is 4.79. The average molecular weight is 204 g/mol. The lowest BCUT2D eigenvalue weighted by molar-refractivity contribution is -0.346. The van der Waals surface area contributed by atoms with Crippen LogP contribution in [0.15, 0.2) is 0 Å². The minimum absolute atomic E-state index is 0.134. The molecule has 2 rings (SSSR count). The van der Waals surface area contributed by atoms with Crippen molar-refractivity contribution in [2.75, 3.05) is 13.2 Å². The van der Waals surface area contributed by atoms with Gasteiger partial charge in [0.25, 0.3) is 0 Å². The molecule has 0 aromatic rings. The Kier molecular flexibility index (Phi) is 2.53. The second kappa shape index (κ2) is 3.43. The van der Waals surface area contributed by atoms with Crippen LogP contribution in [0, 0.1) is 0 Å². The Bertz CT molecular complexity index is 215. The lowest BCUT2D eigenvalue weighted by Crippen LogP contribution is -2.61. The third-order valence-corrected chi connectivity index (χ3v) is 2.59. The molecule has 0 bridgehead atoms. The van der Waals surface area contributed by atoms with Gasteiger partial charge in [-0.05, 0) is 13.8 Å². The fourth-order valence-electron chi connectivity index (χ4n) is 1.79. The standard InChI is InChI=1S/C9H16O5/c1-9(2)13-4-6-8(14-9)7(11)5(10)3-12-6/h5-8,10-11H,3-4H2,1-2H3/t5-,6+,7-,8-/m0/s1. The maximum Gasteiger partial charge on any atom is 0.163 e. The smallest absolute Gasteiger partial charge is 0.163 e. The van der Waals surface area contributed by atoms with Crippen LogP contribution < -0.4 is 0 Å². The van der Waals surface area contributed by atoms with E-state index in [2.05, 4.69) is 0 Å². The molecule has 0 spiro atoms. The molecule has 0 amide bonds. The normalized spacial score (nSPS) is 47.1. The SMILES string of the molecule is CC1(C)OC[C@H]2OC[C@H](O)[C@H](O)[C@H]2O1. The van der Waals surface area contributed by atoms with Gasteiger partial charge < -0.3 is 24.4 Å². The minimum atomic E-state index is -0.892. The maximum atomic E-state index is 9.69. The van der Waals surface area contributed by atoms with Gasteiger partial charge in [-0.2, -0.15) is 0 Å². The summed E-state index contributed by atoms with van der Waals surface area (Å²) in [4.78, 5) is 0. The van der Waals surface area contributed by atoms with Gasteiger partial charge in [0.1, 0.15) is 24.4 Å². The first kappa shape index (κ1) is 10.3. The lowest BCUT2D eigenvalue weighted by atomic mass is 9.99. The zero-order valence-corrected chi connectivity index (χ0v) is 8.34. The molecule has 4 atom stereocenters. The Morgan fingerprint density at radius 3 is 2.64 bits per heavy atom. The van der Waals surface area contributed by atoms with Crippen LogP contribution in [0.4, 0.5) is 0 Å². The predicted octanol–water partition coefficient (Wildman–Crippen LogP) is -0.742. The number of aliphatic hydroxyl groups is 2. The van der Waals surface area contributed by atoms with E-state index in [0.717, 1.165) is 0 Å². The lowest BCUT2D eigenvalue weighted by Gasteiger charge is -2.46. The summed E-state index contributed by atoms with van der Waals surface area (Å²) in [5.74, 6) is -0.720. The summed E-state index contributed by atoms with van der Waals surface area (Å²) in [5.41, 5.74) is 0. The second-order valence-electron chi connectivity index (χ2n) is 4.22. The molecule has 0 radical (unpaired) electrons. The summed E-state index contributed by atoms with van der Waals surface area (Å²) in [7, 11) is 0. The van der Waals surface area contributed by atoms with Crippen LogP contribution >= 0.6 is 0 Å². The number of aliphatic hydroxyl groups excluding tert-OH is 2. The molecule has 2 saturated heterocycles. The van der Waals surface area contributed by atoms with Crippen molar-refractivity contribution in [2.24, 2.45) is 0 Å². The highest BCUT2D eigenvalue weighted by atomic mass is 16.7. The Hall–Kier alpha value is -0.200. The highest BCUT2D eigenvalue weighted by molar-refractivity contribution is 4.91. The molecule has 2 N–H and O–H groups in total. The third kappa shape index (κ3) is 1.78. The van der Waals surface area contributed by atoms with E-state index in [9.17, 15) is 10.2 Å². The molecule has 0 aromatic carbocycles. The van der Waals surface area contributed by atoms with Crippen LogP contribution in [-0.2, 0) is 14.2 Å². The van der Waals surface area contributed by atoms with Gasteiger partial charge in [0.05, 0.1) is 13.2 Å². The van der Waals surface area contributed by atoms with E-state index >= 15 is 0 Å². The van der Waals surface area contributed by atoms with Gasteiger partial charge in [0.2, 0.25) is 0 Å². The van der Waals surface area contributed by atoms with E-state index < -0.39 is 24.1 Å². The molecule has 0 aliphatic carbocycles. The molecule has 5 nitrogen and oxygen atoms in total. The van der Waals surface area contributed by atoms with E-state index in [1.165, 1.54) is 0 Å². The number of fused-ring (bicyclic) bond motifs is 1. The monoisotopic (exact) mass is 204 g/mol. The van der Waals surface area contributed by atoms with Crippen LogP contribution in [0.2, 0.25) is 0 Å². The van der Waals surface area contributed by atoms with Crippen molar-refractivity contribution < 1.29 is 24.4 Å². The Labute approximate surface area is 82.6 Å². The quantitative estimate of drug-likeness (QED) is 0.544. The van der Waals surface area contributed by atoms with E-state index in [-0.39, 0.29) is 12.7 Å². The van der Waals surface area contributed by atoms with Gasteiger partial charge in [-0.3, -0.25) is 0 Å². The molecule has 2 heterocycles. The van der Waals surface area contributed by atoms with Crippen LogP contribution in [0.1, 0.15) is 13.8 Å². The topological polar surface area (TPSA) is 68.2 Å². The molecule has 2 aliphatic heterocycles. The Morgan fingerprint density at radius 2 is 1.93 bits per heavy atom. The van der Waals surface area contributed by atoms with Crippen molar-refractivity contribution in [1.82, 2.24) is 0 Å². The fourth-order valence-corrected chi connectivity index (χ4v) is 1.79. The first-order chi connectivity index (χ1) is 6.49. The molecule has 5 heteroatoms. The molecule has 2 fully saturated rings. The number of rotatable bonds is 0. The fraction of sp³-hybridized carbons (Fsp3) is 1.00. The molecule has 14 heavy (non-hydrogen) atoms. The summed E-state index contributed by atoms with van der Waals surface area (Å²) >= 11 is 0. The van der Waals surface area contributed by atoms with E-state index in [4.69, 9.17) is 14.2 Å². The molecule has 0 saturated carbocycles. The summed E-state index contributed by atoms with van der Waals surface area (Å²) in [6, 6.07) is 0. The second-order valence-corrected chi connectivity index (χ2v) is 4.22. The van der Waals surface area contributed by atoms with Crippen molar-refractivity contribution in [3.8, 4) is 0 Å². The van der Waals surface area contributed by atoms with E-state index in [1.54, 1.807) is 13.8 Å². The Morgan fingerprint density at radius 1 is 1.21 bits per heavy atom. The van der Waals surface area contributed by atoms with Gasteiger partial charge in [0, 0.05) is 0 Å². The predicted molar refractivity (Wildman–Crippen MR) is 46.7 cm³/mol. The summed E-state index contributed by atoms with van der Waals surface area (Å²) in [6.07, 6.45) is -2.54. The molecule has 0 unspecified atom stereocenters. The highest BCUT2D eigenvalue weighted by Gasteiger charge is 2.46. The maximum absolute atomic E-state index is 9.69. The zero-order valence-electron chi connectivity index (χ0n) is 8.34. The molecule has 82 valence electrons. The Balaban J connectivity index is 2.08. The number of ether oxygens (including phenoxy) is 3. The largest absolute Gasteiger partial charge is 0.388 e. The van der Waals surface area contributed by atoms with Crippen LogP contribution in [-0.4, -0.2) is 53.6 Å². The summed E-state index contributed by atoms with van der Waals surface area (Å²) in [6.45, 7) is 4.07. The summed E-state index contributed by atoms with van der Waals surface area (Å²) < 4.78 is 16.2. The minimum Gasteiger partial charge on any atom is -0.388 e. The van der Waals surface area contributed by atoms with Crippen LogP contribution in [0.25, 0.3) is 0 Å². The van der Waals surface area contributed by atoms with Crippen molar-refractivity contribution in [1.29, 1.82) is 0 Å². The molecular formula is C9H16O5. The number of hydrogen-bond donors (Lipinski definition) is 2. The molecule has 2 aliphatic rings. The van der Waals surface area contributed by atoms with Crippen molar-refractivity contribution in [2.45, 2.75) is 44.1 Å². The molecular weight excluding hydrogens is 188 g/mol. The van der Waals surface area contributed by atoms with Gasteiger partial charge >= 0.3 is 0 Å².